The summed E-state index contributed by atoms with van der Waals surface area (Å²) in [5, 5.41) is 4.72. The van der Waals surface area contributed by atoms with Gasteiger partial charge in [-0.2, -0.15) is 4.31 Å². The zero-order chi connectivity index (χ0) is 21.1. The fraction of sp³-hybridized carbons (Fsp3) is 0.476. The second-order valence-electron chi connectivity index (χ2n) is 7.67. The van der Waals surface area contributed by atoms with Crippen LogP contribution < -0.4 is 5.32 Å². The molecule has 0 radical (unpaired) electrons. The van der Waals surface area contributed by atoms with Gasteiger partial charge < -0.3 is 10.1 Å². The third-order valence-corrected chi connectivity index (χ3v) is 8.79. The van der Waals surface area contributed by atoms with E-state index >= 15 is 0 Å². The van der Waals surface area contributed by atoms with Gasteiger partial charge in [-0.3, -0.25) is 9.69 Å². The predicted octanol–water partition coefficient (Wildman–Crippen LogP) is 2.33. The number of benzene rings is 1. The molecule has 0 saturated carbocycles. The van der Waals surface area contributed by atoms with E-state index in [0.717, 1.165) is 19.5 Å². The van der Waals surface area contributed by atoms with E-state index in [1.165, 1.54) is 27.3 Å². The third-order valence-electron chi connectivity index (χ3n) is 5.81. The number of rotatable bonds is 6. The van der Waals surface area contributed by atoms with Crippen LogP contribution in [0.2, 0.25) is 0 Å². The number of likely N-dealkylation sites (tertiary alicyclic amines) is 1. The number of carbonyl (C=O) groups is 1. The van der Waals surface area contributed by atoms with Gasteiger partial charge in [0.25, 0.3) is 5.91 Å². The van der Waals surface area contributed by atoms with Crippen molar-refractivity contribution in [3.8, 4) is 0 Å². The molecule has 162 valence electrons. The molecule has 2 aromatic rings. The lowest BCUT2D eigenvalue weighted by Gasteiger charge is -2.26. The molecule has 1 aromatic heterocycles. The molecule has 1 N–H and O–H groups in total. The van der Waals surface area contributed by atoms with Gasteiger partial charge in [0.05, 0.1) is 13.2 Å². The summed E-state index contributed by atoms with van der Waals surface area (Å²) >= 11 is 1.17. The highest BCUT2D eigenvalue weighted by Crippen LogP contribution is 2.28. The first kappa shape index (κ1) is 21.5. The maximum absolute atomic E-state index is 13.0. The van der Waals surface area contributed by atoms with Gasteiger partial charge >= 0.3 is 0 Å². The summed E-state index contributed by atoms with van der Waals surface area (Å²) in [7, 11) is -3.70. The molecule has 2 aliphatic heterocycles. The zero-order valence-electron chi connectivity index (χ0n) is 17.0. The van der Waals surface area contributed by atoms with Crippen molar-refractivity contribution in [2.24, 2.45) is 0 Å². The Bertz CT molecular complexity index is 971. The van der Waals surface area contributed by atoms with Crippen LogP contribution in [0.3, 0.4) is 0 Å². The molecule has 0 bridgehead atoms. The summed E-state index contributed by atoms with van der Waals surface area (Å²) in [6.07, 6.45) is 0.847. The highest BCUT2D eigenvalue weighted by molar-refractivity contribution is 7.89. The number of ether oxygens (including phenoxy) is 1. The van der Waals surface area contributed by atoms with Gasteiger partial charge in [0.2, 0.25) is 10.0 Å². The number of nitrogens with one attached hydrogen (secondary N) is 1. The smallest absolute Gasteiger partial charge is 0.263 e. The quantitative estimate of drug-likeness (QED) is 0.732. The standard InChI is InChI=1S/C21H27N3O4S2/c1-16(17-5-3-2-4-6-17)23-9-7-18(15-23)22-21(25)20-19(8-14-29-20)30(26,27)24-10-12-28-13-11-24/h2-6,8,14,16,18H,7,9-13,15H2,1H3,(H,22,25). The number of amides is 1. The lowest BCUT2D eigenvalue weighted by atomic mass is 10.1. The van der Waals surface area contributed by atoms with Gasteiger partial charge in [-0.1, -0.05) is 30.3 Å². The Kier molecular flexibility index (Phi) is 6.54. The third kappa shape index (κ3) is 4.45. The molecule has 0 spiro atoms. The van der Waals surface area contributed by atoms with E-state index in [4.69, 9.17) is 4.74 Å². The summed E-state index contributed by atoms with van der Waals surface area (Å²) in [4.78, 5) is 15.6. The van der Waals surface area contributed by atoms with Crippen molar-refractivity contribution in [1.82, 2.24) is 14.5 Å². The number of hydrogen-bond acceptors (Lipinski definition) is 6. The first-order valence-corrected chi connectivity index (χ1v) is 12.5. The van der Waals surface area contributed by atoms with Crippen molar-refractivity contribution >= 4 is 27.3 Å². The normalized spacial score (nSPS) is 22.1. The average Bonchev–Trinajstić information content (AvgIpc) is 3.45. The molecule has 2 aliphatic rings. The SMILES string of the molecule is CC(c1ccccc1)N1CCC(NC(=O)c2sccc2S(=O)(=O)N2CCOCC2)C1. The van der Waals surface area contributed by atoms with Crippen LogP contribution in [0.1, 0.15) is 34.6 Å². The first-order valence-electron chi connectivity index (χ1n) is 10.2. The van der Waals surface area contributed by atoms with Crippen molar-refractivity contribution in [3.05, 3.63) is 52.2 Å². The summed E-state index contributed by atoms with van der Waals surface area (Å²) in [5.74, 6) is -0.309. The lowest BCUT2D eigenvalue weighted by Crippen LogP contribution is -2.42. The molecule has 2 saturated heterocycles. The van der Waals surface area contributed by atoms with Crippen LogP contribution in [0, 0.1) is 0 Å². The van der Waals surface area contributed by atoms with Crippen LogP contribution in [-0.4, -0.2) is 69.0 Å². The zero-order valence-corrected chi connectivity index (χ0v) is 18.6. The van der Waals surface area contributed by atoms with E-state index < -0.39 is 10.0 Å². The van der Waals surface area contributed by atoms with Crippen LogP contribution in [0.15, 0.2) is 46.7 Å². The van der Waals surface area contributed by atoms with Crippen molar-refractivity contribution in [1.29, 1.82) is 0 Å². The van der Waals surface area contributed by atoms with Gasteiger partial charge in [-0.05, 0) is 30.4 Å². The molecule has 0 aliphatic carbocycles. The fourth-order valence-corrected chi connectivity index (χ4v) is 6.75. The fourth-order valence-electron chi connectivity index (χ4n) is 4.04. The van der Waals surface area contributed by atoms with Crippen LogP contribution in [0.5, 0.6) is 0 Å². The molecule has 3 heterocycles. The van der Waals surface area contributed by atoms with E-state index in [-0.39, 0.29) is 27.8 Å². The Balaban J connectivity index is 1.41. The molecule has 2 unspecified atom stereocenters. The second kappa shape index (κ2) is 9.15. The number of carbonyl (C=O) groups excluding carboxylic acids is 1. The Labute approximate surface area is 181 Å². The van der Waals surface area contributed by atoms with Gasteiger partial charge in [0.1, 0.15) is 9.77 Å². The number of morpholine rings is 1. The Morgan fingerprint density at radius 2 is 1.90 bits per heavy atom. The maximum Gasteiger partial charge on any atom is 0.263 e. The van der Waals surface area contributed by atoms with Crippen molar-refractivity contribution < 1.29 is 17.9 Å². The number of thiophene rings is 1. The highest BCUT2D eigenvalue weighted by atomic mass is 32.2. The predicted molar refractivity (Wildman–Crippen MR) is 116 cm³/mol. The maximum atomic E-state index is 13.0. The molecular weight excluding hydrogens is 422 g/mol. The van der Waals surface area contributed by atoms with E-state index in [1.54, 1.807) is 5.38 Å². The van der Waals surface area contributed by atoms with Crippen LogP contribution in [0.25, 0.3) is 0 Å². The molecule has 30 heavy (non-hydrogen) atoms. The van der Waals surface area contributed by atoms with Gasteiger partial charge in [0, 0.05) is 38.3 Å². The Morgan fingerprint density at radius 1 is 1.17 bits per heavy atom. The monoisotopic (exact) mass is 449 g/mol. The second-order valence-corrected chi connectivity index (χ2v) is 10.5. The topological polar surface area (TPSA) is 79.0 Å². The summed E-state index contributed by atoms with van der Waals surface area (Å²) in [6.45, 7) is 5.20. The van der Waals surface area contributed by atoms with E-state index in [9.17, 15) is 13.2 Å². The number of sulfonamides is 1. The molecule has 1 aromatic carbocycles. The average molecular weight is 450 g/mol. The summed E-state index contributed by atoms with van der Waals surface area (Å²) < 4.78 is 32.6. The van der Waals surface area contributed by atoms with E-state index in [2.05, 4.69) is 29.3 Å². The molecule has 7 nitrogen and oxygen atoms in total. The lowest BCUT2D eigenvalue weighted by molar-refractivity contribution is 0.0730. The van der Waals surface area contributed by atoms with Crippen LogP contribution in [0.4, 0.5) is 0 Å². The van der Waals surface area contributed by atoms with Gasteiger partial charge in [0.15, 0.2) is 0 Å². The Hall–Kier alpha value is -1.78. The molecule has 9 heteroatoms. The number of hydrogen-bond donors (Lipinski definition) is 1. The first-order chi connectivity index (χ1) is 14.5. The van der Waals surface area contributed by atoms with Crippen molar-refractivity contribution in [3.63, 3.8) is 0 Å². The molecule has 1 amide bonds. The van der Waals surface area contributed by atoms with Gasteiger partial charge in [-0.15, -0.1) is 11.3 Å². The number of nitrogens with zero attached hydrogens (tertiary/aromatic N) is 2. The van der Waals surface area contributed by atoms with Gasteiger partial charge in [-0.25, -0.2) is 8.42 Å². The molecular formula is C21H27N3O4S2. The Morgan fingerprint density at radius 3 is 2.63 bits per heavy atom. The van der Waals surface area contributed by atoms with Crippen molar-refractivity contribution in [2.45, 2.75) is 30.3 Å². The highest BCUT2D eigenvalue weighted by Gasteiger charge is 2.33. The molecule has 2 fully saturated rings. The molecule has 2 atom stereocenters. The minimum absolute atomic E-state index is 0.00435. The molecule has 4 rings (SSSR count). The summed E-state index contributed by atoms with van der Waals surface area (Å²) in [6, 6.07) is 12.1. The van der Waals surface area contributed by atoms with E-state index in [1.807, 2.05) is 18.2 Å². The minimum atomic E-state index is -3.70. The largest absolute Gasteiger partial charge is 0.379 e. The minimum Gasteiger partial charge on any atom is -0.379 e. The van der Waals surface area contributed by atoms with Crippen LogP contribution >= 0.6 is 11.3 Å². The van der Waals surface area contributed by atoms with E-state index in [0.29, 0.717) is 26.3 Å². The summed E-state index contributed by atoms with van der Waals surface area (Å²) in [5.41, 5.74) is 1.25. The van der Waals surface area contributed by atoms with Crippen LogP contribution in [-0.2, 0) is 14.8 Å². The van der Waals surface area contributed by atoms with Crippen molar-refractivity contribution in [2.75, 3.05) is 39.4 Å².